The van der Waals surface area contributed by atoms with Gasteiger partial charge < -0.3 is 11.5 Å². The minimum absolute atomic E-state index is 0. The Bertz CT molecular complexity index is 198. The van der Waals surface area contributed by atoms with E-state index in [2.05, 4.69) is 4.98 Å². The van der Waals surface area contributed by atoms with Gasteiger partial charge in [-0.15, -0.1) is 34.0 Å². The van der Waals surface area contributed by atoms with Gasteiger partial charge >= 0.3 is 0 Å². The van der Waals surface area contributed by atoms with Gasteiger partial charge in [0.15, 0.2) is 0 Å². The van der Waals surface area contributed by atoms with Crippen molar-refractivity contribution in [3.8, 4) is 0 Å². The Kier molecular flexibility index (Phi) is 9.30. The van der Waals surface area contributed by atoms with Gasteiger partial charge in [-0.2, -0.15) is 0 Å². The molecule has 0 spiro atoms. The van der Waals surface area contributed by atoms with Crippen molar-refractivity contribution in [2.75, 3.05) is 0 Å². The van der Waals surface area contributed by atoms with Gasteiger partial charge in [-0.05, 0) is 12.1 Å². The third kappa shape index (κ3) is 4.15. The highest BCUT2D eigenvalue weighted by Crippen LogP contribution is 1.96. The molecule has 0 saturated carbocycles. The molecule has 70 valence electrons. The van der Waals surface area contributed by atoms with E-state index in [-0.39, 0.29) is 34.0 Å². The predicted octanol–water partition coefficient (Wildman–Crippen LogP) is 1.15. The average molecular weight is 299 g/mol. The summed E-state index contributed by atoms with van der Waals surface area (Å²) >= 11 is 0. The molecule has 0 fully saturated rings. The first-order valence-electron chi connectivity index (χ1n) is 3.21. The Morgan fingerprint density at radius 3 is 1.75 bits per heavy atom. The Morgan fingerprint density at radius 1 is 1.00 bits per heavy atom. The predicted molar refractivity (Wildman–Crippen MR) is 60.7 cm³/mol. The lowest BCUT2D eigenvalue weighted by Crippen LogP contribution is -2.04. The monoisotopic (exact) mass is 297 g/mol. The fraction of sp³-hybridized carbons (Fsp3) is 0.286. The van der Waals surface area contributed by atoms with Crippen molar-refractivity contribution >= 4 is 34.0 Å². The summed E-state index contributed by atoms with van der Waals surface area (Å²) in [5.74, 6) is 0. The molecule has 0 aliphatic rings. The Balaban J connectivity index is 0. The second-order valence-corrected chi connectivity index (χ2v) is 2.03. The van der Waals surface area contributed by atoms with Crippen molar-refractivity contribution in [1.82, 2.24) is 4.98 Å². The lowest BCUT2D eigenvalue weighted by molar-refractivity contribution is 0.916. The van der Waals surface area contributed by atoms with Crippen LogP contribution in [0.4, 0.5) is 0 Å². The zero-order valence-electron chi connectivity index (χ0n) is 6.56. The lowest BCUT2D eigenvalue weighted by atomic mass is 10.3. The van der Waals surface area contributed by atoms with Crippen molar-refractivity contribution in [2.45, 2.75) is 13.1 Å². The summed E-state index contributed by atoms with van der Waals surface area (Å²) in [4.78, 5) is 4.16. The third-order valence-electron chi connectivity index (χ3n) is 1.28. The highest BCUT2D eigenvalue weighted by molar-refractivity contribution is 8.93. The summed E-state index contributed by atoms with van der Waals surface area (Å²) in [5, 5.41) is 0. The SMILES string of the molecule is Br.Br.NCc1cccc(CN)n1. The van der Waals surface area contributed by atoms with Crippen LogP contribution < -0.4 is 11.5 Å². The molecule has 4 N–H and O–H groups in total. The van der Waals surface area contributed by atoms with E-state index in [1.807, 2.05) is 18.2 Å². The standard InChI is InChI=1S/C7H11N3.2BrH/c8-4-6-2-1-3-7(5-9)10-6;;/h1-3H,4-5,8-9H2;2*1H. The van der Waals surface area contributed by atoms with Gasteiger partial charge in [0.1, 0.15) is 0 Å². The van der Waals surface area contributed by atoms with Gasteiger partial charge in [-0.3, -0.25) is 4.98 Å². The maximum Gasteiger partial charge on any atom is 0.0543 e. The van der Waals surface area contributed by atoms with Crippen molar-refractivity contribution < 1.29 is 0 Å². The minimum Gasteiger partial charge on any atom is -0.325 e. The second kappa shape index (κ2) is 7.67. The number of rotatable bonds is 2. The Hall–Kier alpha value is 0.0300. The molecule has 0 saturated heterocycles. The smallest absolute Gasteiger partial charge is 0.0543 e. The number of aromatic nitrogens is 1. The van der Waals surface area contributed by atoms with Gasteiger partial charge in [-0.25, -0.2) is 0 Å². The van der Waals surface area contributed by atoms with E-state index in [1.54, 1.807) is 0 Å². The molecule has 1 rings (SSSR count). The summed E-state index contributed by atoms with van der Waals surface area (Å²) in [6.45, 7) is 0.960. The van der Waals surface area contributed by atoms with E-state index in [9.17, 15) is 0 Å². The summed E-state index contributed by atoms with van der Waals surface area (Å²) in [6, 6.07) is 5.69. The van der Waals surface area contributed by atoms with Gasteiger partial charge in [0.2, 0.25) is 0 Å². The van der Waals surface area contributed by atoms with Gasteiger partial charge in [-0.1, -0.05) is 6.07 Å². The van der Waals surface area contributed by atoms with E-state index >= 15 is 0 Å². The lowest BCUT2D eigenvalue weighted by Gasteiger charge is -1.97. The van der Waals surface area contributed by atoms with E-state index in [1.165, 1.54) is 0 Å². The largest absolute Gasteiger partial charge is 0.325 e. The van der Waals surface area contributed by atoms with Gasteiger partial charge in [0.25, 0.3) is 0 Å². The third-order valence-corrected chi connectivity index (χ3v) is 1.28. The molecule has 0 atom stereocenters. The molecule has 0 bridgehead atoms. The fourth-order valence-corrected chi connectivity index (χ4v) is 0.757. The fourth-order valence-electron chi connectivity index (χ4n) is 0.757. The van der Waals surface area contributed by atoms with E-state index in [4.69, 9.17) is 11.5 Å². The number of pyridine rings is 1. The van der Waals surface area contributed by atoms with E-state index in [0.29, 0.717) is 13.1 Å². The number of nitrogens with zero attached hydrogens (tertiary/aromatic N) is 1. The van der Waals surface area contributed by atoms with E-state index < -0.39 is 0 Å². The van der Waals surface area contributed by atoms with Crippen LogP contribution in [-0.4, -0.2) is 4.98 Å². The minimum atomic E-state index is 0. The van der Waals surface area contributed by atoms with Crippen LogP contribution in [0, 0.1) is 0 Å². The molecule has 0 radical (unpaired) electrons. The molecule has 1 aromatic rings. The van der Waals surface area contributed by atoms with Crippen LogP contribution in [0.5, 0.6) is 0 Å². The molecule has 1 heterocycles. The summed E-state index contributed by atoms with van der Waals surface area (Å²) < 4.78 is 0. The number of hydrogen-bond donors (Lipinski definition) is 2. The summed E-state index contributed by atoms with van der Waals surface area (Å²) in [7, 11) is 0. The van der Waals surface area contributed by atoms with Crippen LogP contribution in [0.1, 0.15) is 11.4 Å². The van der Waals surface area contributed by atoms with Crippen molar-refractivity contribution in [3.05, 3.63) is 29.6 Å². The molecule has 1 aromatic heterocycles. The first kappa shape index (κ1) is 14.5. The van der Waals surface area contributed by atoms with Crippen LogP contribution in [-0.2, 0) is 13.1 Å². The van der Waals surface area contributed by atoms with Crippen LogP contribution >= 0.6 is 34.0 Å². The zero-order valence-corrected chi connectivity index (χ0v) is 9.99. The van der Waals surface area contributed by atoms with E-state index in [0.717, 1.165) is 11.4 Å². The van der Waals surface area contributed by atoms with Crippen molar-refractivity contribution in [3.63, 3.8) is 0 Å². The molecule has 0 aliphatic heterocycles. The first-order chi connectivity index (χ1) is 4.86. The van der Waals surface area contributed by atoms with Crippen LogP contribution in [0.3, 0.4) is 0 Å². The topological polar surface area (TPSA) is 64.9 Å². The molecule has 3 nitrogen and oxygen atoms in total. The van der Waals surface area contributed by atoms with Crippen LogP contribution in [0.25, 0.3) is 0 Å². The molecule has 0 amide bonds. The molecular formula is C7H13Br2N3. The maximum atomic E-state index is 5.37. The summed E-state index contributed by atoms with van der Waals surface area (Å²) in [6.07, 6.45) is 0. The number of halogens is 2. The number of nitrogens with two attached hydrogens (primary N) is 2. The normalized spacial score (nSPS) is 8.17. The van der Waals surface area contributed by atoms with Crippen LogP contribution in [0.15, 0.2) is 18.2 Å². The Morgan fingerprint density at radius 2 is 1.42 bits per heavy atom. The Labute approximate surface area is 93.1 Å². The highest BCUT2D eigenvalue weighted by atomic mass is 79.9. The first-order valence-corrected chi connectivity index (χ1v) is 3.21. The molecule has 12 heavy (non-hydrogen) atoms. The maximum absolute atomic E-state index is 5.37. The molecule has 0 aromatic carbocycles. The van der Waals surface area contributed by atoms with Crippen LogP contribution in [0.2, 0.25) is 0 Å². The van der Waals surface area contributed by atoms with Gasteiger partial charge in [0.05, 0.1) is 11.4 Å². The van der Waals surface area contributed by atoms with Crippen molar-refractivity contribution in [1.29, 1.82) is 0 Å². The highest BCUT2D eigenvalue weighted by Gasteiger charge is 1.91. The van der Waals surface area contributed by atoms with Crippen molar-refractivity contribution in [2.24, 2.45) is 11.5 Å². The molecule has 0 unspecified atom stereocenters. The second-order valence-electron chi connectivity index (χ2n) is 2.03. The average Bonchev–Trinajstić information content (AvgIpc) is 2.05. The molecule has 0 aliphatic carbocycles. The van der Waals surface area contributed by atoms with Gasteiger partial charge in [0, 0.05) is 13.1 Å². The summed E-state index contributed by atoms with van der Waals surface area (Å²) in [5.41, 5.74) is 12.5. The zero-order chi connectivity index (χ0) is 7.40. The molecular weight excluding hydrogens is 286 g/mol. The molecule has 5 heteroatoms. The number of hydrogen-bond acceptors (Lipinski definition) is 3. The quantitative estimate of drug-likeness (QED) is 0.861.